The molecule has 1 aromatic carbocycles. The van der Waals surface area contributed by atoms with E-state index in [1.165, 1.54) is 12.1 Å². The number of sulfone groups is 1. The molecule has 0 fully saturated rings. The Balaban J connectivity index is 2.85. The van der Waals surface area contributed by atoms with E-state index in [-0.39, 0.29) is 15.6 Å². The molecule has 0 aliphatic rings. The minimum Gasteiger partial charge on any atom is -0.478 e. The Morgan fingerprint density at radius 1 is 1.21 bits per heavy atom. The second-order valence-corrected chi connectivity index (χ2v) is 7.43. The van der Waals surface area contributed by atoms with Gasteiger partial charge in [0.15, 0.2) is 9.84 Å². The first kappa shape index (κ1) is 15.5. The van der Waals surface area contributed by atoms with Crippen molar-refractivity contribution >= 4 is 32.5 Å². The summed E-state index contributed by atoms with van der Waals surface area (Å²) in [6, 6.07) is 6.07. The summed E-state index contributed by atoms with van der Waals surface area (Å²) in [7, 11) is -3.31. The lowest BCUT2D eigenvalue weighted by Gasteiger charge is -2.08. The molecule has 1 N–H and O–H groups in total. The minimum atomic E-state index is -3.31. The molecule has 4 nitrogen and oxygen atoms in total. The van der Waals surface area contributed by atoms with Gasteiger partial charge in [-0.2, -0.15) is 0 Å². The van der Waals surface area contributed by atoms with E-state index in [4.69, 9.17) is 5.11 Å². The SMILES string of the molecule is C=C(SC(=C)S(=O)(=O)CC)c1ccc(C(=O)O)cc1. The number of rotatable bonds is 6. The molecular formula is C13H14O4S2. The van der Waals surface area contributed by atoms with Gasteiger partial charge < -0.3 is 5.11 Å². The first-order chi connectivity index (χ1) is 8.77. The molecule has 0 aliphatic carbocycles. The zero-order valence-electron chi connectivity index (χ0n) is 10.4. The average molecular weight is 298 g/mol. The van der Waals surface area contributed by atoms with Crippen molar-refractivity contribution in [2.45, 2.75) is 6.92 Å². The van der Waals surface area contributed by atoms with Crippen molar-refractivity contribution in [3.05, 3.63) is 52.8 Å². The highest BCUT2D eigenvalue weighted by atomic mass is 32.3. The second-order valence-electron chi connectivity index (χ2n) is 3.68. The van der Waals surface area contributed by atoms with Crippen LogP contribution in [0.2, 0.25) is 0 Å². The lowest BCUT2D eigenvalue weighted by molar-refractivity contribution is 0.0697. The van der Waals surface area contributed by atoms with Crippen LogP contribution < -0.4 is 0 Å². The summed E-state index contributed by atoms with van der Waals surface area (Å²) in [5.74, 6) is -1.02. The van der Waals surface area contributed by atoms with Gasteiger partial charge >= 0.3 is 5.97 Å². The number of thioether (sulfide) groups is 1. The molecule has 6 heteroatoms. The highest BCUT2D eigenvalue weighted by Crippen LogP contribution is 2.34. The van der Waals surface area contributed by atoms with Gasteiger partial charge in [-0.25, -0.2) is 13.2 Å². The fraction of sp³-hybridized carbons (Fsp3) is 0.154. The summed E-state index contributed by atoms with van der Waals surface area (Å²) in [6.07, 6.45) is 0. The van der Waals surface area contributed by atoms with Crippen LogP contribution in [0.1, 0.15) is 22.8 Å². The molecule has 0 saturated heterocycles. The van der Waals surface area contributed by atoms with E-state index in [1.807, 2.05) is 0 Å². The minimum absolute atomic E-state index is 0.00986. The van der Waals surface area contributed by atoms with Gasteiger partial charge in [0.1, 0.15) is 0 Å². The van der Waals surface area contributed by atoms with Crippen LogP contribution in [0.15, 0.2) is 41.7 Å². The standard InChI is InChI=1S/C13H14O4S2/c1-4-19(16,17)10(3)18-9(2)11-5-7-12(8-6-11)13(14)15/h5-8H,2-4H2,1H3,(H,14,15). The molecule has 0 spiro atoms. The van der Waals surface area contributed by atoms with Gasteiger partial charge in [0.2, 0.25) is 0 Å². The summed E-state index contributed by atoms with van der Waals surface area (Å²) < 4.78 is 23.2. The number of benzene rings is 1. The number of hydrogen-bond donors (Lipinski definition) is 1. The van der Waals surface area contributed by atoms with Crippen LogP contribution in [-0.4, -0.2) is 25.2 Å². The predicted molar refractivity (Wildman–Crippen MR) is 78.6 cm³/mol. The van der Waals surface area contributed by atoms with E-state index in [0.29, 0.717) is 10.5 Å². The van der Waals surface area contributed by atoms with Gasteiger partial charge in [0.05, 0.1) is 15.6 Å². The van der Waals surface area contributed by atoms with Gasteiger partial charge in [-0.3, -0.25) is 0 Å². The maximum absolute atomic E-state index is 11.6. The van der Waals surface area contributed by atoms with E-state index in [1.54, 1.807) is 19.1 Å². The first-order valence-corrected chi connectivity index (χ1v) is 7.87. The lowest BCUT2D eigenvalue weighted by atomic mass is 10.1. The molecule has 0 amide bonds. The van der Waals surface area contributed by atoms with Crippen molar-refractivity contribution in [3.63, 3.8) is 0 Å². The Labute approximate surface area is 116 Å². The van der Waals surface area contributed by atoms with Crippen molar-refractivity contribution in [1.82, 2.24) is 0 Å². The molecule has 1 rings (SSSR count). The van der Waals surface area contributed by atoms with Crippen molar-refractivity contribution in [2.24, 2.45) is 0 Å². The molecule has 1 aromatic rings. The smallest absolute Gasteiger partial charge is 0.335 e. The second kappa shape index (κ2) is 6.08. The number of carboxylic acid groups (broad SMARTS) is 1. The summed E-state index contributed by atoms with van der Waals surface area (Å²) in [5.41, 5.74) is 0.837. The zero-order chi connectivity index (χ0) is 14.6. The summed E-state index contributed by atoms with van der Waals surface area (Å²) in [5, 5.41) is 8.78. The topological polar surface area (TPSA) is 71.4 Å². The molecule has 0 bridgehead atoms. The largest absolute Gasteiger partial charge is 0.478 e. The van der Waals surface area contributed by atoms with Gasteiger partial charge in [0, 0.05) is 4.91 Å². The van der Waals surface area contributed by atoms with Crippen LogP contribution in [-0.2, 0) is 9.84 Å². The molecule has 0 heterocycles. The average Bonchev–Trinajstić information content (AvgIpc) is 2.38. The van der Waals surface area contributed by atoms with Gasteiger partial charge in [-0.15, -0.1) is 0 Å². The van der Waals surface area contributed by atoms with E-state index in [9.17, 15) is 13.2 Å². The molecule has 102 valence electrons. The Hall–Kier alpha value is -1.53. The van der Waals surface area contributed by atoms with Gasteiger partial charge in [-0.1, -0.05) is 44.0 Å². The third kappa shape index (κ3) is 3.97. The fourth-order valence-corrected chi connectivity index (χ4v) is 3.23. The highest BCUT2D eigenvalue weighted by Gasteiger charge is 2.15. The van der Waals surface area contributed by atoms with Crippen LogP contribution in [0.25, 0.3) is 4.91 Å². The van der Waals surface area contributed by atoms with Crippen LogP contribution >= 0.6 is 11.8 Å². The van der Waals surface area contributed by atoms with E-state index < -0.39 is 15.8 Å². The summed E-state index contributed by atoms with van der Waals surface area (Å²) >= 11 is 0.974. The normalized spacial score (nSPS) is 11.0. The number of carboxylic acids is 1. The van der Waals surface area contributed by atoms with Crippen molar-refractivity contribution in [2.75, 3.05) is 5.75 Å². The van der Waals surface area contributed by atoms with Gasteiger partial charge in [-0.05, 0) is 17.7 Å². The zero-order valence-corrected chi connectivity index (χ0v) is 12.1. The maximum atomic E-state index is 11.6. The lowest BCUT2D eigenvalue weighted by Crippen LogP contribution is -2.03. The molecule has 0 aromatic heterocycles. The number of hydrogen-bond acceptors (Lipinski definition) is 4. The van der Waals surface area contributed by atoms with E-state index >= 15 is 0 Å². The van der Waals surface area contributed by atoms with Crippen LogP contribution in [0.3, 0.4) is 0 Å². The predicted octanol–water partition coefficient (Wildman–Crippen LogP) is 2.99. The van der Waals surface area contributed by atoms with E-state index in [0.717, 1.165) is 11.8 Å². The number of carbonyl (C=O) groups is 1. The molecule has 19 heavy (non-hydrogen) atoms. The third-order valence-corrected chi connectivity index (χ3v) is 5.59. The van der Waals surface area contributed by atoms with Crippen LogP contribution in [0.4, 0.5) is 0 Å². The summed E-state index contributed by atoms with van der Waals surface area (Å²) in [4.78, 5) is 11.2. The highest BCUT2D eigenvalue weighted by molar-refractivity contribution is 8.23. The Morgan fingerprint density at radius 2 is 1.68 bits per heavy atom. The van der Waals surface area contributed by atoms with Gasteiger partial charge in [0.25, 0.3) is 0 Å². The molecule has 0 aliphatic heterocycles. The fourth-order valence-electron chi connectivity index (χ4n) is 1.22. The Kier molecular flexibility index (Phi) is 4.97. The molecule has 0 atom stereocenters. The Morgan fingerprint density at radius 3 is 2.11 bits per heavy atom. The molecule has 0 unspecified atom stereocenters. The molecule has 0 saturated carbocycles. The van der Waals surface area contributed by atoms with Crippen molar-refractivity contribution < 1.29 is 18.3 Å². The Bertz CT molecular complexity index is 613. The summed E-state index contributed by atoms with van der Waals surface area (Å²) in [6.45, 7) is 8.85. The third-order valence-electron chi connectivity index (χ3n) is 2.42. The molecular weight excluding hydrogens is 284 g/mol. The quantitative estimate of drug-likeness (QED) is 0.874. The maximum Gasteiger partial charge on any atom is 0.335 e. The van der Waals surface area contributed by atoms with Crippen LogP contribution in [0, 0.1) is 0 Å². The van der Waals surface area contributed by atoms with Crippen molar-refractivity contribution in [3.8, 4) is 0 Å². The van der Waals surface area contributed by atoms with E-state index in [2.05, 4.69) is 13.2 Å². The monoisotopic (exact) mass is 298 g/mol. The number of aromatic carboxylic acids is 1. The molecule has 0 radical (unpaired) electrons. The first-order valence-electron chi connectivity index (χ1n) is 5.40. The van der Waals surface area contributed by atoms with Crippen molar-refractivity contribution in [1.29, 1.82) is 0 Å². The van der Waals surface area contributed by atoms with Crippen LogP contribution in [0.5, 0.6) is 0 Å².